The number of alkyl halides is 3. The van der Waals surface area contributed by atoms with Gasteiger partial charge in [0.1, 0.15) is 11.9 Å². The summed E-state index contributed by atoms with van der Waals surface area (Å²) in [5.74, 6) is -4.34. The van der Waals surface area contributed by atoms with Crippen molar-refractivity contribution >= 4 is 11.8 Å². The summed E-state index contributed by atoms with van der Waals surface area (Å²) in [5.41, 5.74) is 1.99. The lowest BCUT2D eigenvalue weighted by molar-refractivity contribution is -0.159. The Hall–Kier alpha value is -3.02. The molecule has 1 atom stereocenters. The molecular formula is C14H11F4N5O3. The Labute approximate surface area is 143 Å². The average Bonchev–Trinajstić information content (AvgIpc) is 3.14. The molecule has 2 aromatic rings. The van der Waals surface area contributed by atoms with Gasteiger partial charge in [0.05, 0.1) is 5.56 Å². The lowest BCUT2D eigenvalue weighted by Crippen LogP contribution is -2.41. The van der Waals surface area contributed by atoms with Crippen LogP contribution in [0.5, 0.6) is 0 Å². The number of nitrogens with zero attached hydrogens (tertiary/aromatic N) is 3. The number of carbonyl (C=O) groups excluding carboxylic acids is 2. The lowest BCUT2D eigenvalue weighted by Gasteiger charge is -2.10. The molecule has 0 saturated carbocycles. The molecule has 0 bridgehead atoms. The molecule has 3 rings (SSSR count). The van der Waals surface area contributed by atoms with Gasteiger partial charge in [0, 0.05) is 19.2 Å². The van der Waals surface area contributed by atoms with Gasteiger partial charge in [0.15, 0.2) is 0 Å². The Morgan fingerprint density at radius 1 is 1.42 bits per heavy atom. The number of nitrogens with one attached hydrogen (secondary N) is 2. The van der Waals surface area contributed by atoms with Crippen LogP contribution in [0.25, 0.3) is 11.4 Å². The molecule has 2 N–H and O–H groups in total. The Balaban J connectivity index is 1.78. The lowest BCUT2D eigenvalue weighted by atomic mass is 10.1. The standard InChI is InChI=1S/C14H11F4N5O3/c1-23-5-9(12(25)21-23)19-11(24)6-2-3-7(8(15)4-6)10-20-13(26-22-10)14(16,17)18/h2-4,9H,5H2,1H3,(H,19,24)(H,21,25). The topological polar surface area (TPSA) is 100 Å². The van der Waals surface area contributed by atoms with E-state index in [2.05, 4.69) is 25.4 Å². The van der Waals surface area contributed by atoms with Crippen molar-refractivity contribution in [2.45, 2.75) is 12.2 Å². The van der Waals surface area contributed by atoms with Gasteiger partial charge >= 0.3 is 12.1 Å². The van der Waals surface area contributed by atoms with Gasteiger partial charge in [-0.05, 0) is 18.2 Å². The van der Waals surface area contributed by atoms with E-state index in [1.54, 1.807) is 7.05 Å². The highest BCUT2D eigenvalue weighted by molar-refractivity contribution is 5.98. The average molecular weight is 373 g/mol. The summed E-state index contributed by atoms with van der Waals surface area (Å²) >= 11 is 0. The van der Waals surface area contributed by atoms with Gasteiger partial charge in [-0.25, -0.2) is 9.40 Å². The van der Waals surface area contributed by atoms with Crippen LogP contribution in [0.1, 0.15) is 16.2 Å². The SMILES string of the molecule is CN1CC(NC(=O)c2ccc(-c3noc(C(F)(F)F)n3)c(F)c2)C(=O)N1. The van der Waals surface area contributed by atoms with E-state index in [0.717, 1.165) is 12.1 Å². The molecule has 26 heavy (non-hydrogen) atoms. The fraction of sp³-hybridized carbons (Fsp3) is 0.286. The van der Waals surface area contributed by atoms with Crippen LogP contribution in [0, 0.1) is 5.82 Å². The van der Waals surface area contributed by atoms with Crippen molar-refractivity contribution in [1.29, 1.82) is 0 Å². The molecule has 1 unspecified atom stereocenters. The Kier molecular flexibility index (Phi) is 4.36. The second-order valence-corrected chi connectivity index (χ2v) is 5.50. The number of hydrazine groups is 1. The predicted octanol–water partition coefficient (Wildman–Crippen LogP) is 0.969. The number of rotatable bonds is 3. The van der Waals surface area contributed by atoms with Crippen LogP contribution in [0.4, 0.5) is 17.6 Å². The molecule has 2 amide bonds. The fourth-order valence-electron chi connectivity index (χ4n) is 2.31. The fourth-order valence-corrected chi connectivity index (χ4v) is 2.31. The van der Waals surface area contributed by atoms with Crippen molar-refractivity contribution in [2.24, 2.45) is 0 Å². The maximum Gasteiger partial charge on any atom is 0.471 e. The maximum absolute atomic E-state index is 14.2. The van der Waals surface area contributed by atoms with E-state index in [0.29, 0.717) is 0 Å². The second kappa shape index (κ2) is 6.37. The number of hydrogen-bond donors (Lipinski definition) is 2. The monoisotopic (exact) mass is 373 g/mol. The van der Waals surface area contributed by atoms with Crippen LogP contribution in [0.15, 0.2) is 22.7 Å². The number of amides is 2. The van der Waals surface area contributed by atoms with E-state index in [1.165, 1.54) is 11.1 Å². The molecule has 138 valence electrons. The highest BCUT2D eigenvalue weighted by Crippen LogP contribution is 2.30. The van der Waals surface area contributed by atoms with Gasteiger partial charge in [-0.15, -0.1) is 0 Å². The minimum atomic E-state index is -4.85. The van der Waals surface area contributed by atoms with Crippen molar-refractivity contribution in [1.82, 2.24) is 25.9 Å². The van der Waals surface area contributed by atoms with Crippen molar-refractivity contribution in [2.75, 3.05) is 13.6 Å². The molecule has 1 aromatic carbocycles. The van der Waals surface area contributed by atoms with Gasteiger partial charge in [-0.2, -0.15) is 18.2 Å². The second-order valence-electron chi connectivity index (χ2n) is 5.50. The van der Waals surface area contributed by atoms with Crippen molar-refractivity contribution in [3.05, 3.63) is 35.5 Å². The number of hydrogen-bond acceptors (Lipinski definition) is 6. The zero-order chi connectivity index (χ0) is 19.1. The van der Waals surface area contributed by atoms with Gasteiger partial charge in [0.2, 0.25) is 5.82 Å². The van der Waals surface area contributed by atoms with Gasteiger partial charge in [-0.3, -0.25) is 15.0 Å². The smallest absolute Gasteiger partial charge is 0.339 e. The van der Waals surface area contributed by atoms with Crippen LogP contribution in [-0.4, -0.2) is 46.6 Å². The third-order valence-corrected chi connectivity index (χ3v) is 3.52. The Bertz CT molecular complexity index is 867. The molecule has 0 radical (unpaired) electrons. The predicted molar refractivity (Wildman–Crippen MR) is 76.7 cm³/mol. The number of likely N-dealkylation sites (N-methyl/N-ethyl adjacent to an activating group) is 1. The molecule has 1 fully saturated rings. The summed E-state index contributed by atoms with van der Waals surface area (Å²) < 4.78 is 55.6. The quantitative estimate of drug-likeness (QED) is 0.778. The van der Waals surface area contributed by atoms with E-state index in [9.17, 15) is 27.2 Å². The summed E-state index contributed by atoms with van der Waals surface area (Å²) in [6.07, 6.45) is -4.85. The van der Waals surface area contributed by atoms with E-state index in [4.69, 9.17) is 0 Å². The first-order valence-electron chi connectivity index (χ1n) is 7.18. The largest absolute Gasteiger partial charge is 0.471 e. The van der Waals surface area contributed by atoms with Gasteiger partial charge in [-0.1, -0.05) is 5.16 Å². The summed E-state index contributed by atoms with van der Waals surface area (Å²) in [6.45, 7) is 0.230. The summed E-state index contributed by atoms with van der Waals surface area (Å²) in [7, 11) is 1.61. The molecule has 2 heterocycles. The summed E-state index contributed by atoms with van der Waals surface area (Å²) in [5, 5.41) is 6.99. The first kappa shape index (κ1) is 17.8. The first-order valence-corrected chi connectivity index (χ1v) is 7.18. The van der Waals surface area contributed by atoms with E-state index < -0.39 is 41.6 Å². The van der Waals surface area contributed by atoms with Crippen LogP contribution >= 0.6 is 0 Å². The number of carbonyl (C=O) groups is 2. The summed E-state index contributed by atoms with van der Waals surface area (Å²) in [4.78, 5) is 26.8. The van der Waals surface area contributed by atoms with E-state index >= 15 is 0 Å². The number of aromatic nitrogens is 2. The van der Waals surface area contributed by atoms with Crippen LogP contribution in [0.2, 0.25) is 0 Å². The van der Waals surface area contributed by atoms with E-state index in [-0.39, 0.29) is 17.7 Å². The number of halogens is 4. The highest BCUT2D eigenvalue weighted by Gasteiger charge is 2.38. The normalized spacial score (nSPS) is 18.0. The molecule has 1 saturated heterocycles. The molecule has 8 nitrogen and oxygen atoms in total. The molecule has 1 aliphatic heterocycles. The first-order chi connectivity index (χ1) is 12.1. The van der Waals surface area contributed by atoms with Gasteiger partial charge in [0.25, 0.3) is 11.8 Å². The molecule has 1 aromatic heterocycles. The maximum atomic E-state index is 14.2. The Morgan fingerprint density at radius 3 is 2.69 bits per heavy atom. The van der Waals surface area contributed by atoms with Crippen molar-refractivity contribution in [3.63, 3.8) is 0 Å². The van der Waals surface area contributed by atoms with Crippen LogP contribution in [-0.2, 0) is 11.0 Å². The minimum absolute atomic E-state index is 0.117. The molecule has 1 aliphatic rings. The molecule has 0 spiro atoms. The Morgan fingerprint density at radius 2 is 2.15 bits per heavy atom. The number of benzene rings is 1. The van der Waals surface area contributed by atoms with Crippen molar-refractivity contribution < 1.29 is 31.7 Å². The van der Waals surface area contributed by atoms with Crippen molar-refractivity contribution in [3.8, 4) is 11.4 Å². The molecule has 0 aliphatic carbocycles. The zero-order valence-electron chi connectivity index (χ0n) is 13.1. The zero-order valence-corrected chi connectivity index (χ0v) is 13.1. The van der Waals surface area contributed by atoms with Crippen LogP contribution < -0.4 is 10.7 Å². The van der Waals surface area contributed by atoms with Crippen LogP contribution in [0.3, 0.4) is 0 Å². The third-order valence-electron chi connectivity index (χ3n) is 3.52. The highest BCUT2D eigenvalue weighted by atomic mass is 19.4. The molecule has 12 heteroatoms. The molecular weight excluding hydrogens is 362 g/mol. The minimum Gasteiger partial charge on any atom is -0.339 e. The summed E-state index contributed by atoms with van der Waals surface area (Å²) in [6, 6.07) is 2.23. The van der Waals surface area contributed by atoms with Gasteiger partial charge < -0.3 is 9.84 Å². The van der Waals surface area contributed by atoms with E-state index in [1.807, 2.05) is 0 Å². The third kappa shape index (κ3) is 3.49.